The molecule has 1 saturated heterocycles. The summed E-state index contributed by atoms with van der Waals surface area (Å²) in [5.74, 6) is -0.107. The molecule has 3 N–H and O–H groups in total. The monoisotopic (exact) mass is 386 g/mol. The zero-order chi connectivity index (χ0) is 19.2. The molecule has 6 nitrogen and oxygen atoms in total. The maximum Gasteiger partial charge on any atom is 0.322 e. The van der Waals surface area contributed by atoms with Crippen molar-refractivity contribution >= 4 is 29.2 Å². The van der Waals surface area contributed by atoms with E-state index in [0.29, 0.717) is 55.4 Å². The van der Waals surface area contributed by atoms with Crippen molar-refractivity contribution in [3.8, 4) is 0 Å². The standard InChI is InChI=1S/C20H23ClN4O2/c21-17-8-7-16(13-18(17)25-12-10-23-20(25)27)19(26)24(11-4-9-22)14-15-5-2-1-3-6-15/h1-3,5-8,13H,4,9-12,14,22H2,(H,23,27). The summed E-state index contributed by atoms with van der Waals surface area (Å²) in [4.78, 5) is 28.4. The number of hydrogen-bond donors (Lipinski definition) is 2. The largest absolute Gasteiger partial charge is 0.336 e. The summed E-state index contributed by atoms with van der Waals surface area (Å²) in [5.41, 5.74) is 7.75. The smallest absolute Gasteiger partial charge is 0.322 e. The number of carbonyl (C=O) groups excluding carboxylic acids is 2. The lowest BCUT2D eigenvalue weighted by Crippen LogP contribution is -2.33. The molecule has 7 heteroatoms. The van der Waals surface area contributed by atoms with Crippen LogP contribution in [0.3, 0.4) is 0 Å². The van der Waals surface area contributed by atoms with E-state index in [1.54, 1.807) is 28.0 Å². The van der Waals surface area contributed by atoms with Gasteiger partial charge in [-0.05, 0) is 36.7 Å². The van der Waals surface area contributed by atoms with E-state index in [9.17, 15) is 9.59 Å². The summed E-state index contributed by atoms with van der Waals surface area (Å²) in [7, 11) is 0. The molecule has 0 radical (unpaired) electrons. The van der Waals surface area contributed by atoms with Gasteiger partial charge in [-0.3, -0.25) is 9.69 Å². The first-order valence-electron chi connectivity index (χ1n) is 8.98. The van der Waals surface area contributed by atoms with Crippen molar-refractivity contribution in [2.24, 2.45) is 5.73 Å². The van der Waals surface area contributed by atoms with Gasteiger partial charge in [0.1, 0.15) is 0 Å². The first kappa shape index (κ1) is 19.2. The highest BCUT2D eigenvalue weighted by Gasteiger charge is 2.25. The average molecular weight is 387 g/mol. The van der Waals surface area contributed by atoms with Crippen LogP contribution in [0.1, 0.15) is 22.3 Å². The molecule has 0 spiro atoms. The van der Waals surface area contributed by atoms with Crippen LogP contribution >= 0.6 is 11.6 Å². The first-order chi connectivity index (χ1) is 13.1. The van der Waals surface area contributed by atoms with Gasteiger partial charge < -0.3 is 16.0 Å². The number of amides is 3. The zero-order valence-electron chi connectivity index (χ0n) is 15.0. The first-order valence-corrected chi connectivity index (χ1v) is 9.36. The molecule has 0 saturated carbocycles. The van der Waals surface area contributed by atoms with Crippen LogP contribution in [0, 0.1) is 0 Å². The van der Waals surface area contributed by atoms with E-state index in [4.69, 9.17) is 17.3 Å². The Morgan fingerprint density at radius 3 is 2.67 bits per heavy atom. The quantitative estimate of drug-likeness (QED) is 0.768. The molecule has 1 heterocycles. The number of nitrogens with zero attached hydrogens (tertiary/aromatic N) is 2. The molecule has 2 aromatic carbocycles. The zero-order valence-corrected chi connectivity index (χ0v) is 15.8. The van der Waals surface area contributed by atoms with Gasteiger partial charge in [-0.15, -0.1) is 0 Å². The third-order valence-electron chi connectivity index (χ3n) is 4.48. The summed E-state index contributed by atoms with van der Waals surface area (Å²) in [6.45, 7) is 2.66. The molecule has 3 rings (SSSR count). The van der Waals surface area contributed by atoms with E-state index in [-0.39, 0.29) is 11.9 Å². The van der Waals surface area contributed by atoms with Crippen LogP contribution in [0.5, 0.6) is 0 Å². The summed E-state index contributed by atoms with van der Waals surface area (Å²) in [6.07, 6.45) is 0.716. The predicted octanol–water partition coefficient (Wildman–Crippen LogP) is 2.86. The van der Waals surface area contributed by atoms with Crippen LogP contribution in [0.15, 0.2) is 48.5 Å². The second-order valence-electron chi connectivity index (χ2n) is 6.40. The number of hydrogen-bond acceptors (Lipinski definition) is 3. The average Bonchev–Trinajstić information content (AvgIpc) is 3.11. The second kappa shape index (κ2) is 8.88. The minimum absolute atomic E-state index is 0.107. The van der Waals surface area contributed by atoms with Crippen molar-refractivity contribution in [3.63, 3.8) is 0 Å². The molecule has 1 aliphatic heterocycles. The van der Waals surface area contributed by atoms with Gasteiger partial charge in [0, 0.05) is 31.7 Å². The molecule has 1 fully saturated rings. The fourth-order valence-electron chi connectivity index (χ4n) is 3.07. The number of benzene rings is 2. The summed E-state index contributed by atoms with van der Waals surface area (Å²) < 4.78 is 0. The number of carbonyl (C=O) groups is 2. The molecule has 142 valence electrons. The summed E-state index contributed by atoms with van der Waals surface area (Å²) >= 11 is 6.28. The lowest BCUT2D eigenvalue weighted by Gasteiger charge is -2.24. The van der Waals surface area contributed by atoms with Crippen molar-refractivity contribution in [2.75, 3.05) is 31.1 Å². The van der Waals surface area contributed by atoms with Gasteiger partial charge in [-0.2, -0.15) is 0 Å². The van der Waals surface area contributed by atoms with E-state index < -0.39 is 0 Å². The molecular weight excluding hydrogens is 364 g/mol. The molecule has 0 bridgehead atoms. The molecule has 0 unspecified atom stereocenters. The van der Waals surface area contributed by atoms with E-state index in [1.807, 2.05) is 30.3 Å². The van der Waals surface area contributed by atoms with Crippen LogP contribution in [0.4, 0.5) is 10.5 Å². The summed E-state index contributed by atoms with van der Waals surface area (Å²) in [5, 5.41) is 3.19. The minimum atomic E-state index is -0.203. The Balaban J connectivity index is 1.85. The van der Waals surface area contributed by atoms with E-state index in [1.165, 1.54) is 0 Å². The van der Waals surface area contributed by atoms with Crippen molar-refractivity contribution in [2.45, 2.75) is 13.0 Å². The molecule has 3 amide bonds. The van der Waals surface area contributed by atoms with E-state index in [2.05, 4.69) is 5.32 Å². The Labute approximate surface area is 163 Å². The second-order valence-corrected chi connectivity index (χ2v) is 6.81. The van der Waals surface area contributed by atoms with Gasteiger partial charge in [0.05, 0.1) is 10.7 Å². The van der Waals surface area contributed by atoms with Crippen molar-refractivity contribution in [1.29, 1.82) is 0 Å². The SMILES string of the molecule is NCCCN(Cc1ccccc1)C(=O)c1ccc(Cl)c(N2CCNC2=O)c1. The van der Waals surface area contributed by atoms with Gasteiger partial charge in [-0.1, -0.05) is 41.9 Å². The molecular formula is C20H23ClN4O2. The summed E-state index contributed by atoms with van der Waals surface area (Å²) in [6, 6.07) is 14.7. The lowest BCUT2D eigenvalue weighted by atomic mass is 10.1. The number of anilines is 1. The van der Waals surface area contributed by atoms with Gasteiger partial charge in [0.15, 0.2) is 0 Å². The highest BCUT2D eigenvalue weighted by atomic mass is 35.5. The van der Waals surface area contributed by atoms with Crippen LogP contribution in [-0.4, -0.2) is 43.0 Å². The van der Waals surface area contributed by atoms with Gasteiger partial charge in [-0.25, -0.2) is 4.79 Å². The fourth-order valence-corrected chi connectivity index (χ4v) is 3.29. The topological polar surface area (TPSA) is 78.7 Å². The maximum absolute atomic E-state index is 13.1. The van der Waals surface area contributed by atoms with E-state index >= 15 is 0 Å². The van der Waals surface area contributed by atoms with Gasteiger partial charge in [0.25, 0.3) is 5.91 Å². The lowest BCUT2D eigenvalue weighted by molar-refractivity contribution is 0.0742. The molecule has 0 atom stereocenters. The molecule has 27 heavy (non-hydrogen) atoms. The number of nitrogens with two attached hydrogens (primary N) is 1. The third kappa shape index (κ3) is 4.59. The molecule has 2 aromatic rings. The Morgan fingerprint density at radius 2 is 2.00 bits per heavy atom. The normalized spacial score (nSPS) is 13.6. The molecule has 0 aliphatic carbocycles. The van der Waals surface area contributed by atoms with Crippen molar-refractivity contribution in [3.05, 3.63) is 64.7 Å². The number of rotatable bonds is 7. The van der Waals surface area contributed by atoms with E-state index in [0.717, 1.165) is 5.56 Å². The fraction of sp³-hybridized carbons (Fsp3) is 0.300. The Kier molecular flexibility index (Phi) is 6.32. The van der Waals surface area contributed by atoms with Crippen LogP contribution < -0.4 is 16.0 Å². The Hall–Kier alpha value is -2.57. The minimum Gasteiger partial charge on any atom is -0.336 e. The molecule has 0 aromatic heterocycles. The molecule has 1 aliphatic rings. The third-order valence-corrected chi connectivity index (χ3v) is 4.80. The van der Waals surface area contributed by atoms with Gasteiger partial charge >= 0.3 is 6.03 Å². The van der Waals surface area contributed by atoms with Crippen LogP contribution in [0.25, 0.3) is 0 Å². The van der Waals surface area contributed by atoms with Crippen LogP contribution in [0.2, 0.25) is 5.02 Å². The highest BCUT2D eigenvalue weighted by Crippen LogP contribution is 2.29. The van der Waals surface area contributed by atoms with Crippen molar-refractivity contribution < 1.29 is 9.59 Å². The Morgan fingerprint density at radius 1 is 1.22 bits per heavy atom. The number of urea groups is 1. The van der Waals surface area contributed by atoms with Crippen molar-refractivity contribution in [1.82, 2.24) is 10.2 Å². The number of nitrogens with one attached hydrogen (secondary N) is 1. The maximum atomic E-state index is 13.1. The predicted molar refractivity (Wildman–Crippen MR) is 107 cm³/mol. The number of halogens is 1. The van der Waals surface area contributed by atoms with Crippen LogP contribution in [-0.2, 0) is 6.54 Å². The highest BCUT2D eigenvalue weighted by molar-refractivity contribution is 6.34. The van der Waals surface area contributed by atoms with Gasteiger partial charge in [0.2, 0.25) is 0 Å². The Bertz CT molecular complexity index is 813.